The largest absolute Gasteiger partial charge is 0.496 e. The van der Waals surface area contributed by atoms with Gasteiger partial charge in [0.1, 0.15) is 17.4 Å². The maximum absolute atomic E-state index is 12.2. The minimum Gasteiger partial charge on any atom is -0.496 e. The van der Waals surface area contributed by atoms with E-state index in [-0.39, 0.29) is 12.6 Å². The van der Waals surface area contributed by atoms with E-state index >= 15 is 0 Å². The molecule has 0 spiro atoms. The Morgan fingerprint density at radius 2 is 1.81 bits per heavy atom. The van der Waals surface area contributed by atoms with Gasteiger partial charge >= 0.3 is 5.97 Å². The number of rotatable bonds is 7. The van der Waals surface area contributed by atoms with Crippen LogP contribution < -0.4 is 4.74 Å². The normalized spacial score (nSPS) is 10.5. The molecule has 3 rings (SSSR count). The van der Waals surface area contributed by atoms with Gasteiger partial charge in [0, 0.05) is 12.5 Å². The van der Waals surface area contributed by atoms with Gasteiger partial charge in [-0.3, -0.25) is 0 Å². The Hall–Kier alpha value is -2.70. The zero-order valence-corrected chi connectivity index (χ0v) is 15.4. The Morgan fingerprint density at radius 3 is 2.54 bits per heavy atom. The highest BCUT2D eigenvalue weighted by Gasteiger charge is 2.12. The van der Waals surface area contributed by atoms with Crippen LogP contribution in [0.3, 0.4) is 0 Å². The number of ether oxygens (including phenoxy) is 3. The van der Waals surface area contributed by atoms with Crippen LogP contribution in [0.5, 0.6) is 5.75 Å². The summed E-state index contributed by atoms with van der Waals surface area (Å²) < 4.78 is 15.8. The number of aromatic nitrogens is 1. The predicted molar refractivity (Wildman–Crippen MR) is 100 cm³/mol. The number of esters is 1. The van der Waals surface area contributed by atoms with Crippen molar-refractivity contribution in [2.24, 2.45) is 0 Å². The highest BCUT2D eigenvalue weighted by Crippen LogP contribution is 2.32. The molecule has 0 bridgehead atoms. The van der Waals surface area contributed by atoms with Gasteiger partial charge < -0.3 is 14.2 Å². The van der Waals surface area contributed by atoms with Crippen molar-refractivity contribution in [2.45, 2.75) is 13.2 Å². The number of hydrogen-bond acceptors (Lipinski definition) is 6. The van der Waals surface area contributed by atoms with Crippen LogP contribution in [0.25, 0.3) is 10.6 Å². The quantitative estimate of drug-likeness (QED) is 0.581. The van der Waals surface area contributed by atoms with Gasteiger partial charge in [0.15, 0.2) is 0 Å². The zero-order chi connectivity index (χ0) is 18.4. The molecule has 1 aromatic heterocycles. The Bertz CT molecular complexity index is 874. The number of carbonyl (C=O) groups excluding carboxylic acids is 1. The van der Waals surface area contributed by atoms with Gasteiger partial charge in [-0.25, -0.2) is 9.78 Å². The molecule has 6 heteroatoms. The number of para-hydroxylation sites is 1. The number of benzene rings is 2. The SMILES string of the molecule is COCc1ccc(C(=O)OCc2csc(-c3ccccc3OC)n2)cc1. The van der Waals surface area contributed by atoms with Crippen molar-refractivity contribution < 1.29 is 19.0 Å². The number of nitrogens with zero attached hydrogens (tertiary/aromatic N) is 1. The van der Waals surface area contributed by atoms with Crippen molar-refractivity contribution >= 4 is 17.3 Å². The Balaban J connectivity index is 1.63. The molecule has 5 nitrogen and oxygen atoms in total. The molecule has 0 aliphatic heterocycles. The second-order valence-corrected chi connectivity index (χ2v) is 6.41. The van der Waals surface area contributed by atoms with Crippen LogP contribution in [0.15, 0.2) is 53.9 Å². The van der Waals surface area contributed by atoms with Gasteiger partial charge in [-0.2, -0.15) is 0 Å². The molecule has 0 amide bonds. The number of thiazole rings is 1. The predicted octanol–water partition coefficient (Wildman–Crippen LogP) is 4.32. The van der Waals surface area contributed by atoms with Gasteiger partial charge in [0.05, 0.1) is 30.5 Å². The Kier molecular flexibility index (Phi) is 5.99. The van der Waals surface area contributed by atoms with E-state index in [2.05, 4.69) is 4.98 Å². The summed E-state index contributed by atoms with van der Waals surface area (Å²) in [5.41, 5.74) is 3.14. The minimum absolute atomic E-state index is 0.129. The molecule has 134 valence electrons. The van der Waals surface area contributed by atoms with E-state index in [1.165, 1.54) is 11.3 Å². The highest BCUT2D eigenvalue weighted by atomic mass is 32.1. The van der Waals surface area contributed by atoms with Crippen molar-refractivity contribution in [2.75, 3.05) is 14.2 Å². The third-order valence-corrected chi connectivity index (χ3v) is 4.67. The van der Waals surface area contributed by atoms with Crippen LogP contribution in [0.2, 0.25) is 0 Å². The molecule has 0 atom stereocenters. The van der Waals surface area contributed by atoms with E-state index in [1.54, 1.807) is 26.4 Å². The first-order valence-corrected chi connectivity index (χ1v) is 8.92. The summed E-state index contributed by atoms with van der Waals surface area (Å²) in [5, 5.41) is 2.72. The lowest BCUT2D eigenvalue weighted by Crippen LogP contribution is -2.05. The molecule has 26 heavy (non-hydrogen) atoms. The van der Waals surface area contributed by atoms with Crippen LogP contribution in [0.4, 0.5) is 0 Å². The summed E-state index contributed by atoms with van der Waals surface area (Å²) in [5.74, 6) is 0.391. The lowest BCUT2D eigenvalue weighted by Gasteiger charge is -2.05. The van der Waals surface area contributed by atoms with Gasteiger partial charge in [-0.05, 0) is 29.8 Å². The van der Waals surface area contributed by atoms with E-state index in [0.717, 1.165) is 21.9 Å². The average Bonchev–Trinajstić information content (AvgIpc) is 3.16. The molecular weight excluding hydrogens is 350 g/mol. The molecule has 0 saturated heterocycles. The smallest absolute Gasteiger partial charge is 0.338 e. The molecule has 0 aliphatic rings. The molecule has 0 saturated carbocycles. The average molecular weight is 369 g/mol. The van der Waals surface area contributed by atoms with Gasteiger partial charge in [-0.1, -0.05) is 24.3 Å². The molecule has 0 aliphatic carbocycles. The van der Waals surface area contributed by atoms with E-state index in [4.69, 9.17) is 14.2 Å². The third-order valence-electron chi connectivity index (χ3n) is 3.74. The summed E-state index contributed by atoms with van der Waals surface area (Å²) in [6.45, 7) is 0.643. The standard InChI is InChI=1S/C20H19NO4S/c1-23-11-14-7-9-15(10-8-14)20(22)25-12-16-13-26-19(21-16)17-5-3-4-6-18(17)24-2/h3-10,13H,11-12H2,1-2H3. The second kappa shape index (κ2) is 8.60. The molecule has 0 unspecified atom stereocenters. The molecule has 2 aromatic carbocycles. The fourth-order valence-electron chi connectivity index (χ4n) is 2.44. The number of hydrogen-bond donors (Lipinski definition) is 0. The first-order valence-electron chi connectivity index (χ1n) is 8.04. The van der Waals surface area contributed by atoms with Crippen LogP contribution in [-0.2, 0) is 22.7 Å². The minimum atomic E-state index is -0.374. The van der Waals surface area contributed by atoms with E-state index < -0.39 is 0 Å². The fraction of sp³-hybridized carbons (Fsp3) is 0.200. The summed E-state index contributed by atoms with van der Waals surface area (Å²) >= 11 is 1.49. The van der Waals surface area contributed by atoms with Crippen LogP contribution in [0, 0.1) is 0 Å². The van der Waals surface area contributed by atoms with Crippen molar-refractivity contribution in [3.8, 4) is 16.3 Å². The lowest BCUT2D eigenvalue weighted by molar-refractivity contribution is 0.0468. The molecule has 0 N–H and O–H groups in total. The van der Waals surface area contributed by atoms with Crippen molar-refractivity contribution in [1.29, 1.82) is 0 Å². The van der Waals surface area contributed by atoms with E-state index in [0.29, 0.717) is 17.9 Å². The lowest BCUT2D eigenvalue weighted by atomic mass is 10.1. The Labute approximate surface area is 156 Å². The number of carbonyl (C=O) groups is 1. The monoisotopic (exact) mass is 369 g/mol. The van der Waals surface area contributed by atoms with Crippen molar-refractivity contribution in [1.82, 2.24) is 4.98 Å². The second-order valence-electron chi connectivity index (χ2n) is 5.55. The molecule has 3 aromatic rings. The molecule has 0 fully saturated rings. The number of methoxy groups -OCH3 is 2. The van der Waals surface area contributed by atoms with E-state index in [1.807, 2.05) is 41.8 Å². The Morgan fingerprint density at radius 1 is 1.04 bits per heavy atom. The summed E-state index contributed by atoms with van der Waals surface area (Å²) in [4.78, 5) is 16.7. The maximum Gasteiger partial charge on any atom is 0.338 e. The summed E-state index contributed by atoms with van der Waals surface area (Å²) in [6.07, 6.45) is 0. The third kappa shape index (κ3) is 4.28. The zero-order valence-electron chi connectivity index (χ0n) is 14.6. The van der Waals surface area contributed by atoms with Crippen molar-refractivity contribution in [3.63, 3.8) is 0 Å². The summed E-state index contributed by atoms with van der Waals surface area (Å²) in [6, 6.07) is 14.9. The molecule has 1 heterocycles. The van der Waals surface area contributed by atoms with Crippen LogP contribution in [0.1, 0.15) is 21.6 Å². The van der Waals surface area contributed by atoms with Crippen LogP contribution in [-0.4, -0.2) is 25.2 Å². The maximum atomic E-state index is 12.2. The van der Waals surface area contributed by atoms with Gasteiger partial charge in [0.2, 0.25) is 0 Å². The topological polar surface area (TPSA) is 57.7 Å². The highest BCUT2D eigenvalue weighted by molar-refractivity contribution is 7.13. The van der Waals surface area contributed by atoms with Crippen molar-refractivity contribution in [3.05, 3.63) is 70.7 Å². The van der Waals surface area contributed by atoms with Gasteiger partial charge in [0.25, 0.3) is 0 Å². The molecular formula is C20H19NO4S. The molecule has 0 radical (unpaired) electrons. The first-order chi connectivity index (χ1) is 12.7. The fourth-order valence-corrected chi connectivity index (χ4v) is 3.28. The first kappa shape index (κ1) is 18.1. The van der Waals surface area contributed by atoms with E-state index in [9.17, 15) is 4.79 Å². The van der Waals surface area contributed by atoms with Crippen LogP contribution >= 0.6 is 11.3 Å². The van der Waals surface area contributed by atoms with Gasteiger partial charge in [-0.15, -0.1) is 11.3 Å². The summed E-state index contributed by atoms with van der Waals surface area (Å²) in [7, 11) is 3.27.